The third-order valence-corrected chi connectivity index (χ3v) is 9.05. The Morgan fingerprint density at radius 3 is 2.11 bits per heavy atom. The Morgan fingerprint density at radius 1 is 1.00 bits per heavy atom. The van der Waals surface area contributed by atoms with E-state index in [-0.39, 0.29) is 5.41 Å². The summed E-state index contributed by atoms with van der Waals surface area (Å²) in [6.07, 6.45) is 17.4. The van der Waals surface area contributed by atoms with Gasteiger partial charge >= 0.3 is 0 Å². The third-order valence-electron chi connectivity index (χ3n) is 7.85. The summed E-state index contributed by atoms with van der Waals surface area (Å²) in [6.45, 7) is 35.5. The predicted octanol–water partition coefficient (Wildman–Crippen LogP) is 14.1. The van der Waals surface area contributed by atoms with Crippen LogP contribution in [0.1, 0.15) is 136 Å². The summed E-state index contributed by atoms with van der Waals surface area (Å²) in [5, 5.41) is 0. The minimum Gasteiger partial charge on any atom is -0.333 e. The van der Waals surface area contributed by atoms with Gasteiger partial charge in [-0.2, -0.15) is 0 Å². The Labute approximate surface area is 291 Å². The molecule has 0 unspecified atom stereocenters. The van der Waals surface area contributed by atoms with Gasteiger partial charge in [0.05, 0.1) is 0 Å². The van der Waals surface area contributed by atoms with Crippen molar-refractivity contribution in [2.75, 3.05) is 7.05 Å². The van der Waals surface area contributed by atoms with Crippen LogP contribution in [0.15, 0.2) is 107 Å². The Bertz CT molecular complexity index is 1300. The van der Waals surface area contributed by atoms with Gasteiger partial charge in [-0.05, 0) is 90.4 Å². The molecule has 2 heteroatoms. The lowest BCUT2D eigenvalue weighted by molar-refractivity contribution is 0.619. The van der Waals surface area contributed by atoms with E-state index in [1.165, 1.54) is 55.8 Å². The molecule has 0 bridgehead atoms. The normalized spacial score (nSPS) is 13.9. The molecule has 256 valence electrons. The minimum atomic E-state index is 0.0829. The summed E-state index contributed by atoms with van der Waals surface area (Å²) in [5.41, 5.74) is 15.9. The summed E-state index contributed by atoms with van der Waals surface area (Å²) in [4.78, 5) is 2.95. The van der Waals surface area contributed by atoms with Gasteiger partial charge in [0.15, 0.2) is 0 Å². The van der Waals surface area contributed by atoms with Gasteiger partial charge in [0.1, 0.15) is 0 Å². The van der Waals surface area contributed by atoms with E-state index >= 15 is 0 Å². The number of hydrogen-bond acceptors (Lipinski definition) is 2. The van der Waals surface area contributed by atoms with E-state index in [0.717, 1.165) is 25.7 Å². The quantitative estimate of drug-likeness (QED) is 0.304. The molecule has 0 atom stereocenters. The van der Waals surface area contributed by atoms with Crippen molar-refractivity contribution in [3.8, 4) is 0 Å². The molecule has 4 rings (SSSR count). The van der Waals surface area contributed by atoms with Crippen LogP contribution in [0.25, 0.3) is 5.57 Å². The van der Waals surface area contributed by atoms with Crippen molar-refractivity contribution < 1.29 is 0 Å². The fourth-order valence-corrected chi connectivity index (χ4v) is 6.51. The first-order chi connectivity index (χ1) is 22.1. The molecule has 0 aromatic heterocycles. The van der Waals surface area contributed by atoms with Gasteiger partial charge in [-0.15, -0.1) is 0 Å². The first-order valence-corrected chi connectivity index (χ1v) is 18.4. The van der Waals surface area contributed by atoms with Gasteiger partial charge in [-0.3, -0.25) is 0 Å². The lowest BCUT2D eigenvalue weighted by Gasteiger charge is -2.28. The number of fused-ring (bicyclic) bond motifs is 1. The van der Waals surface area contributed by atoms with Gasteiger partial charge in [-0.1, -0.05) is 179 Å². The van der Waals surface area contributed by atoms with Gasteiger partial charge in [0, 0.05) is 16.7 Å². The molecule has 0 saturated heterocycles. The van der Waals surface area contributed by atoms with Crippen molar-refractivity contribution in [2.45, 2.75) is 132 Å². The van der Waals surface area contributed by atoms with Gasteiger partial charge in [0.2, 0.25) is 0 Å². The SMILES string of the molecule is C=C(/C=C1\Cc2c(C(C)C)ccc(C3=CC=CCC3)c2S1)CC.C=C/C=C(\C)C(C)(C)c1ccccc1C.CC.CC.CC.CN. The van der Waals surface area contributed by atoms with Crippen molar-refractivity contribution in [1.82, 2.24) is 0 Å². The van der Waals surface area contributed by atoms with E-state index in [1.807, 2.05) is 59.4 Å². The molecule has 0 amide bonds. The van der Waals surface area contributed by atoms with Crippen LogP contribution in [0.5, 0.6) is 0 Å². The molecule has 0 fully saturated rings. The maximum atomic E-state index is 4.50. The van der Waals surface area contributed by atoms with Crippen molar-refractivity contribution in [3.05, 3.63) is 130 Å². The number of rotatable bonds is 7. The summed E-state index contributed by atoms with van der Waals surface area (Å²) >= 11 is 1.97. The Morgan fingerprint density at radius 2 is 1.61 bits per heavy atom. The number of benzene rings is 2. The third kappa shape index (κ3) is 13.5. The van der Waals surface area contributed by atoms with Crippen LogP contribution in [0.4, 0.5) is 0 Å². The van der Waals surface area contributed by atoms with Crippen LogP contribution in [0, 0.1) is 6.92 Å². The molecular weight excluding hydrogens is 575 g/mol. The Hall–Kier alpha value is -2.81. The molecule has 1 nitrogen and oxygen atoms in total. The van der Waals surface area contributed by atoms with Crippen molar-refractivity contribution in [2.24, 2.45) is 5.73 Å². The molecule has 0 saturated carbocycles. The molecule has 2 aliphatic rings. The highest BCUT2D eigenvalue weighted by molar-refractivity contribution is 8.03. The second-order valence-electron chi connectivity index (χ2n) is 11.3. The first-order valence-electron chi connectivity index (χ1n) is 17.6. The number of allylic oxidation sites excluding steroid dienone is 10. The summed E-state index contributed by atoms with van der Waals surface area (Å²) < 4.78 is 0. The molecule has 0 radical (unpaired) electrons. The number of hydrogen-bond donors (Lipinski definition) is 1. The van der Waals surface area contributed by atoms with Crippen molar-refractivity contribution in [1.29, 1.82) is 0 Å². The standard InChI is InChI=1S/C22H26S.C15H20.3C2H6.CH5N/c1-5-16(4)13-18-14-21-19(15(2)3)11-12-20(22(21)23-18)17-9-7-6-8-10-17;1-6-9-13(3)15(4,5)14-11-8-7-10-12(14)2;4*1-2/h6-7,9,11-13,15H,4-5,8,10,14H2,1-3H3;6-11H,1H2,2-5H3;3*1-2H3;2H2,1H3/b18-13+;13-9+;;;;. The molecule has 1 aliphatic carbocycles. The zero-order chi connectivity index (χ0) is 35.9. The summed E-state index contributed by atoms with van der Waals surface area (Å²) in [5.74, 6) is 0.576. The molecule has 2 aromatic carbocycles. The molecule has 2 N–H and O–H groups in total. The molecule has 1 aliphatic heterocycles. The maximum Gasteiger partial charge on any atom is 0.0232 e. The van der Waals surface area contributed by atoms with Crippen LogP contribution in [0.3, 0.4) is 0 Å². The first kappa shape index (κ1) is 45.3. The van der Waals surface area contributed by atoms with Gasteiger partial charge in [-0.25, -0.2) is 0 Å². The van der Waals surface area contributed by atoms with Crippen LogP contribution in [-0.2, 0) is 11.8 Å². The van der Waals surface area contributed by atoms with Gasteiger partial charge < -0.3 is 5.73 Å². The molecular formula is C44H69NS. The van der Waals surface area contributed by atoms with E-state index in [2.05, 4.69) is 134 Å². The smallest absolute Gasteiger partial charge is 0.0232 e. The average molecular weight is 644 g/mol. The molecule has 0 spiro atoms. The highest BCUT2D eigenvalue weighted by Crippen LogP contribution is 2.48. The van der Waals surface area contributed by atoms with Crippen molar-refractivity contribution in [3.63, 3.8) is 0 Å². The average Bonchev–Trinajstić information content (AvgIpc) is 3.52. The largest absolute Gasteiger partial charge is 0.333 e. The fourth-order valence-electron chi connectivity index (χ4n) is 5.19. The van der Waals surface area contributed by atoms with E-state index in [1.54, 1.807) is 5.56 Å². The molecule has 1 heterocycles. The summed E-state index contributed by atoms with van der Waals surface area (Å²) in [6, 6.07) is 13.3. The van der Waals surface area contributed by atoms with Crippen LogP contribution in [-0.4, -0.2) is 7.05 Å². The molecule has 2 aromatic rings. The minimum absolute atomic E-state index is 0.0829. The number of nitrogens with two attached hydrogens (primary N) is 1. The topological polar surface area (TPSA) is 26.0 Å². The predicted molar refractivity (Wildman–Crippen MR) is 216 cm³/mol. The second-order valence-corrected chi connectivity index (χ2v) is 12.4. The van der Waals surface area contributed by atoms with E-state index in [9.17, 15) is 0 Å². The van der Waals surface area contributed by atoms with E-state index < -0.39 is 0 Å². The lowest BCUT2D eigenvalue weighted by atomic mass is 9.76. The Balaban J connectivity index is 0. The number of thioether (sulfide) groups is 1. The zero-order valence-corrected chi connectivity index (χ0v) is 33.1. The highest BCUT2D eigenvalue weighted by atomic mass is 32.2. The monoisotopic (exact) mass is 644 g/mol. The van der Waals surface area contributed by atoms with Crippen molar-refractivity contribution >= 4 is 17.3 Å². The second kappa shape index (κ2) is 25.3. The lowest BCUT2D eigenvalue weighted by Crippen LogP contribution is -2.19. The van der Waals surface area contributed by atoms with E-state index in [0.29, 0.717) is 5.92 Å². The highest BCUT2D eigenvalue weighted by Gasteiger charge is 2.25. The maximum absolute atomic E-state index is 4.50. The number of aryl methyl sites for hydroxylation is 1. The molecule has 46 heavy (non-hydrogen) atoms. The Kier molecular flexibility index (Phi) is 24.9. The van der Waals surface area contributed by atoms with Gasteiger partial charge in [0.25, 0.3) is 0 Å². The zero-order valence-electron chi connectivity index (χ0n) is 32.2. The van der Waals surface area contributed by atoms with E-state index in [4.69, 9.17) is 0 Å². The van der Waals surface area contributed by atoms with Crippen LogP contribution >= 0.6 is 11.8 Å². The van der Waals surface area contributed by atoms with Crippen LogP contribution in [0.2, 0.25) is 0 Å². The fraction of sp³-hybridized carbons (Fsp3) is 0.455. The van der Waals surface area contributed by atoms with Crippen LogP contribution < -0.4 is 5.73 Å². The summed E-state index contributed by atoms with van der Waals surface area (Å²) in [7, 11) is 1.50.